The number of esters is 2. The Kier molecular flexibility index (Phi) is 16.8. The molecule has 0 bridgehead atoms. The molecule has 36 heavy (non-hydrogen) atoms. The standard InChI is InChI=1S/C21H29BrN4O8S.ClH/c1-3-33-17(27)10-9-15(23)19(29)25-16(20(30)24-11-18(28)34-4-2)12-35-21(31)26(32)14-7-5-13(22)6-8-14;/h5-8,15-16,32H,3-4,9-12,23H2,1-2H3,(H,24,30)(H,25,29);1H/t15-,16-;/m0./s1. The molecule has 0 unspecified atom stereocenters. The third-order valence-electron chi connectivity index (χ3n) is 4.26. The molecule has 0 fully saturated rings. The van der Waals surface area contributed by atoms with Crippen molar-refractivity contribution in [2.24, 2.45) is 5.73 Å². The van der Waals surface area contributed by atoms with Crippen molar-refractivity contribution in [1.29, 1.82) is 0 Å². The molecule has 202 valence electrons. The van der Waals surface area contributed by atoms with Crippen molar-refractivity contribution in [3.8, 4) is 0 Å². The number of thioether (sulfide) groups is 1. The van der Waals surface area contributed by atoms with Crippen molar-refractivity contribution in [3.05, 3.63) is 28.7 Å². The summed E-state index contributed by atoms with van der Waals surface area (Å²) in [6, 6.07) is 3.84. The monoisotopic (exact) mass is 612 g/mol. The van der Waals surface area contributed by atoms with Crippen LogP contribution >= 0.6 is 40.1 Å². The molecule has 0 spiro atoms. The minimum absolute atomic E-state index is 0. The Hall–Kier alpha value is -2.39. The van der Waals surface area contributed by atoms with Gasteiger partial charge in [0.25, 0.3) is 0 Å². The molecule has 3 amide bonds. The summed E-state index contributed by atoms with van der Waals surface area (Å²) in [5.41, 5.74) is 6.01. The first kappa shape index (κ1) is 33.6. The number of carbonyl (C=O) groups excluding carboxylic acids is 5. The van der Waals surface area contributed by atoms with Crippen LogP contribution in [0.5, 0.6) is 0 Å². The SMILES string of the molecule is CCOC(=O)CC[C@H](N)C(=O)N[C@@H](CSC(=O)N(O)c1ccc(Br)cc1)C(=O)NCC(=O)OCC.Cl. The average molecular weight is 614 g/mol. The number of anilines is 1. The Bertz CT molecular complexity index is 893. The van der Waals surface area contributed by atoms with E-state index >= 15 is 0 Å². The van der Waals surface area contributed by atoms with Crippen LogP contribution in [0.25, 0.3) is 0 Å². The zero-order chi connectivity index (χ0) is 26.4. The van der Waals surface area contributed by atoms with Gasteiger partial charge in [0.05, 0.1) is 24.9 Å². The van der Waals surface area contributed by atoms with Gasteiger partial charge in [0, 0.05) is 16.6 Å². The van der Waals surface area contributed by atoms with Gasteiger partial charge in [-0.25, -0.2) is 0 Å². The van der Waals surface area contributed by atoms with E-state index in [9.17, 15) is 29.2 Å². The van der Waals surface area contributed by atoms with Crippen LogP contribution in [0.2, 0.25) is 0 Å². The van der Waals surface area contributed by atoms with E-state index in [2.05, 4.69) is 26.6 Å². The lowest BCUT2D eigenvalue weighted by atomic mass is 10.1. The van der Waals surface area contributed by atoms with Gasteiger partial charge in [-0.2, -0.15) is 5.06 Å². The topological polar surface area (TPSA) is 177 Å². The van der Waals surface area contributed by atoms with Crippen molar-refractivity contribution in [2.45, 2.75) is 38.8 Å². The summed E-state index contributed by atoms with van der Waals surface area (Å²) >= 11 is 3.81. The first-order chi connectivity index (χ1) is 16.6. The van der Waals surface area contributed by atoms with E-state index in [1.165, 1.54) is 12.1 Å². The van der Waals surface area contributed by atoms with Gasteiger partial charge in [-0.3, -0.25) is 29.2 Å². The van der Waals surface area contributed by atoms with Crippen LogP contribution in [0.3, 0.4) is 0 Å². The Morgan fingerprint density at radius 2 is 1.64 bits per heavy atom. The van der Waals surface area contributed by atoms with E-state index in [0.29, 0.717) is 16.8 Å². The van der Waals surface area contributed by atoms with E-state index in [0.717, 1.165) is 4.47 Å². The first-order valence-electron chi connectivity index (χ1n) is 10.6. The van der Waals surface area contributed by atoms with Crippen LogP contribution in [0.1, 0.15) is 26.7 Å². The first-order valence-corrected chi connectivity index (χ1v) is 12.4. The number of rotatable bonds is 13. The minimum atomic E-state index is -1.28. The summed E-state index contributed by atoms with van der Waals surface area (Å²) in [6.07, 6.45) is -0.121. The van der Waals surface area contributed by atoms with Crippen LogP contribution in [0.15, 0.2) is 28.7 Å². The van der Waals surface area contributed by atoms with Crippen LogP contribution in [0, 0.1) is 0 Å². The molecule has 0 aromatic heterocycles. The molecular weight excluding hydrogens is 584 g/mol. The summed E-state index contributed by atoms with van der Waals surface area (Å²) in [4.78, 5) is 60.5. The molecule has 0 heterocycles. The fourth-order valence-corrected chi connectivity index (χ4v) is 3.53. The maximum Gasteiger partial charge on any atom is 0.325 e. The molecule has 0 radical (unpaired) electrons. The Morgan fingerprint density at radius 1 is 1.06 bits per heavy atom. The second-order valence-electron chi connectivity index (χ2n) is 6.90. The predicted octanol–water partition coefficient (Wildman–Crippen LogP) is 1.75. The number of benzene rings is 1. The van der Waals surface area contributed by atoms with Crippen molar-refractivity contribution >= 4 is 74.8 Å². The van der Waals surface area contributed by atoms with Gasteiger partial charge in [0.2, 0.25) is 11.8 Å². The highest BCUT2D eigenvalue weighted by Gasteiger charge is 2.27. The smallest absolute Gasteiger partial charge is 0.325 e. The van der Waals surface area contributed by atoms with Gasteiger partial charge >= 0.3 is 17.2 Å². The Morgan fingerprint density at radius 3 is 2.22 bits per heavy atom. The number of hydrogen-bond donors (Lipinski definition) is 4. The third-order valence-corrected chi connectivity index (χ3v) is 5.71. The minimum Gasteiger partial charge on any atom is -0.466 e. The van der Waals surface area contributed by atoms with Gasteiger partial charge in [0.1, 0.15) is 12.6 Å². The third kappa shape index (κ3) is 12.5. The number of hydroxylamine groups is 1. The Labute approximate surface area is 227 Å². The molecule has 0 aliphatic rings. The van der Waals surface area contributed by atoms with E-state index in [1.807, 2.05) is 0 Å². The lowest BCUT2D eigenvalue weighted by Crippen LogP contribution is -2.53. The summed E-state index contributed by atoms with van der Waals surface area (Å²) < 4.78 is 10.3. The van der Waals surface area contributed by atoms with Gasteiger partial charge in [-0.15, -0.1) is 12.4 Å². The number of hydrogen-bond acceptors (Lipinski definition) is 10. The second-order valence-corrected chi connectivity index (χ2v) is 8.79. The van der Waals surface area contributed by atoms with Crippen LogP contribution in [-0.2, 0) is 28.7 Å². The van der Waals surface area contributed by atoms with Crippen LogP contribution in [0.4, 0.5) is 10.5 Å². The van der Waals surface area contributed by atoms with Gasteiger partial charge in [-0.05, 0) is 44.5 Å². The fraction of sp³-hybridized carbons (Fsp3) is 0.476. The normalized spacial score (nSPS) is 11.8. The number of nitrogens with two attached hydrogens (primary N) is 1. The van der Waals surface area contributed by atoms with Gasteiger partial charge in [-0.1, -0.05) is 27.7 Å². The summed E-state index contributed by atoms with van der Waals surface area (Å²) in [5, 5.41) is 14.5. The van der Waals surface area contributed by atoms with E-state index < -0.39 is 47.6 Å². The lowest BCUT2D eigenvalue weighted by molar-refractivity contribution is -0.144. The largest absolute Gasteiger partial charge is 0.466 e. The average Bonchev–Trinajstić information content (AvgIpc) is 2.83. The van der Waals surface area contributed by atoms with Gasteiger partial charge in [0.15, 0.2) is 0 Å². The molecule has 1 aromatic carbocycles. The van der Waals surface area contributed by atoms with Crippen LogP contribution in [-0.4, -0.2) is 71.8 Å². The number of halogens is 2. The van der Waals surface area contributed by atoms with Gasteiger partial charge < -0.3 is 25.8 Å². The molecule has 2 atom stereocenters. The zero-order valence-electron chi connectivity index (χ0n) is 19.7. The Balaban J connectivity index is 0.0000122. The summed E-state index contributed by atoms with van der Waals surface area (Å²) in [5.74, 6) is -2.99. The second kappa shape index (κ2) is 17.9. The highest BCUT2D eigenvalue weighted by molar-refractivity contribution is 9.10. The van der Waals surface area contributed by atoms with E-state index in [1.54, 1.807) is 26.0 Å². The number of ether oxygens (including phenoxy) is 2. The zero-order valence-corrected chi connectivity index (χ0v) is 22.9. The maximum atomic E-state index is 12.6. The molecule has 0 aliphatic heterocycles. The number of amides is 3. The quantitative estimate of drug-likeness (QED) is 0.146. The molecule has 1 rings (SSSR count). The fourth-order valence-electron chi connectivity index (χ4n) is 2.50. The number of nitrogens with one attached hydrogen (secondary N) is 2. The van der Waals surface area contributed by atoms with Crippen molar-refractivity contribution < 1.29 is 38.7 Å². The van der Waals surface area contributed by atoms with Crippen molar-refractivity contribution in [1.82, 2.24) is 10.6 Å². The van der Waals surface area contributed by atoms with E-state index in [4.69, 9.17) is 15.2 Å². The summed E-state index contributed by atoms with van der Waals surface area (Å²) in [6.45, 7) is 3.12. The predicted molar refractivity (Wildman–Crippen MR) is 139 cm³/mol. The van der Waals surface area contributed by atoms with E-state index in [-0.39, 0.29) is 49.9 Å². The highest BCUT2D eigenvalue weighted by atomic mass is 79.9. The molecule has 5 N–H and O–H groups in total. The molecule has 12 nitrogen and oxygen atoms in total. The molecule has 0 aliphatic carbocycles. The molecule has 1 aromatic rings. The maximum absolute atomic E-state index is 12.6. The number of nitrogens with zero attached hydrogens (tertiary/aromatic N) is 1. The van der Waals surface area contributed by atoms with Crippen LogP contribution < -0.4 is 21.4 Å². The highest BCUT2D eigenvalue weighted by Crippen LogP contribution is 2.21. The molecule has 15 heteroatoms. The van der Waals surface area contributed by atoms with Crippen molar-refractivity contribution in [2.75, 3.05) is 30.6 Å². The lowest BCUT2D eigenvalue weighted by Gasteiger charge is -2.21. The number of carbonyl (C=O) groups is 5. The molecular formula is C21H30BrClN4O8S. The molecule has 0 saturated heterocycles. The summed E-state index contributed by atoms with van der Waals surface area (Å²) in [7, 11) is 0. The van der Waals surface area contributed by atoms with Crippen molar-refractivity contribution in [3.63, 3.8) is 0 Å². The molecule has 0 saturated carbocycles.